The van der Waals surface area contributed by atoms with Crippen molar-refractivity contribution in [2.24, 2.45) is 34.5 Å². The van der Waals surface area contributed by atoms with Gasteiger partial charge in [-0.25, -0.2) is 0 Å². The summed E-state index contributed by atoms with van der Waals surface area (Å²) in [5.41, 5.74) is 1.39. The first-order valence-corrected chi connectivity index (χ1v) is 8.78. The molecule has 0 heteroatoms. The van der Waals surface area contributed by atoms with E-state index in [4.69, 9.17) is 0 Å². The van der Waals surface area contributed by atoms with Gasteiger partial charge in [0.15, 0.2) is 0 Å². The summed E-state index contributed by atoms with van der Waals surface area (Å²) in [5, 5.41) is 0. The Hall–Kier alpha value is -0.260. The second-order valence-electron chi connectivity index (χ2n) is 8.65. The maximum Gasteiger partial charge on any atom is -0.0229 e. The van der Waals surface area contributed by atoms with E-state index in [9.17, 15) is 0 Å². The predicted molar refractivity (Wildman–Crippen MR) is 80.9 cm³/mol. The molecule has 6 atom stereocenters. The van der Waals surface area contributed by atoms with Crippen LogP contribution in [0.2, 0.25) is 0 Å². The molecule has 0 bridgehead atoms. The molecule has 3 fully saturated rings. The SMILES string of the molecule is C[C@@]12CCC[C@H]1[C@@H]1CCC3CC=CC[C@]3(C)[C@H]1CC2. The zero-order valence-electron chi connectivity index (χ0n) is 12.8. The summed E-state index contributed by atoms with van der Waals surface area (Å²) in [6, 6.07) is 0. The van der Waals surface area contributed by atoms with Crippen LogP contribution >= 0.6 is 0 Å². The fourth-order valence-corrected chi connectivity index (χ4v) is 6.83. The van der Waals surface area contributed by atoms with Gasteiger partial charge in [-0.15, -0.1) is 0 Å². The topological polar surface area (TPSA) is 0 Å². The van der Waals surface area contributed by atoms with Gasteiger partial charge in [0.1, 0.15) is 0 Å². The molecule has 0 spiro atoms. The van der Waals surface area contributed by atoms with Crippen LogP contribution in [-0.2, 0) is 0 Å². The van der Waals surface area contributed by atoms with Crippen LogP contribution in [0.1, 0.15) is 71.6 Å². The molecule has 4 aliphatic carbocycles. The largest absolute Gasteiger partial charge is 0.0882 e. The average molecular weight is 258 g/mol. The lowest BCUT2D eigenvalue weighted by Gasteiger charge is -2.59. The minimum Gasteiger partial charge on any atom is -0.0882 e. The predicted octanol–water partition coefficient (Wildman–Crippen LogP) is 5.59. The molecule has 0 amide bonds. The van der Waals surface area contributed by atoms with E-state index in [0.717, 1.165) is 29.1 Å². The molecule has 0 saturated heterocycles. The molecule has 0 nitrogen and oxygen atoms in total. The first-order valence-electron chi connectivity index (χ1n) is 8.78. The van der Waals surface area contributed by atoms with Gasteiger partial charge < -0.3 is 0 Å². The van der Waals surface area contributed by atoms with Crippen LogP contribution in [-0.4, -0.2) is 0 Å². The number of hydrogen-bond donors (Lipinski definition) is 0. The second kappa shape index (κ2) is 4.12. The van der Waals surface area contributed by atoms with Crippen molar-refractivity contribution in [3.05, 3.63) is 12.2 Å². The van der Waals surface area contributed by atoms with E-state index in [2.05, 4.69) is 26.0 Å². The summed E-state index contributed by atoms with van der Waals surface area (Å²) >= 11 is 0. The van der Waals surface area contributed by atoms with Crippen molar-refractivity contribution < 1.29 is 0 Å². The van der Waals surface area contributed by atoms with Crippen LogP contribution in [0.5, 0.6) is 0 Å². The Bertz CT molecular complexity index is 395. The van der Waals surface area contributed by atoms with Gasteiger partial charge in [-0.2, -0.15) is 0 Å². The molecule has 4 rings (SSSR count). The van der Waals surface area contributed by atoms with Crippen molar-refractivity contribution in [2.45, 2.75) is 71.6 Å². The lowest BCUT2D eigenvalue weighted by atomic mass is 9.46. The van der Waals surface area contributed by atoms with Gasteiger partial charge in [-0.1, -0.05) is 32.4 Å². The molecule has 106 valence electrons. The summed E-state index contributed by atoms with van der Waals surface area (Å²) in [5.74, 6) is 4.21. The Labute approximate surface area is 119 Å². The van der Waals surface area contributed by atoms with Crippen LogP contribution < -0.4 is 0 Å². The average Bonchev–Trinajstić information content (AvgIpc) is 2.79. The molecule has 4 aliphatic rings. The van der Waals surface area contributed by atoms with E-state index in [1.807, 2.05) is 0 Å². The Kier molecular flexibility index (Phi) is 2.71. The second-order valence-corrected chi connectivity index (χ2v) is 8.65. The zero-order chi connectivity index (χ0) is 13.1. The zero-order valence-corrected chi connectivity index (χ0v) is 12.8. The fourth-order valence-electron chi connectivity index (χ4n) is 6.83. The molecule has 0 aliphatic heterocycles. The lowest BCUT2D eigenvalue weighted by molar-refractivity contribution is -0.0870. The van der Waals surface area contributed by atoms with Crippen molar-refractivity contribution in [3.8, 4) is 0 Å². The number of fused-ring (bicyclic) bond motifs is 5. The number of hydrogen-bond acceptors (Lipinski definition) is 0. The summed E-state index contributed by atoms with van der Waals surface area (Å²) < 4.78 is 0. The van der Waals surface area contributed by atoms with Gasteiger partial charge >= 0.3 is 0 Å². The highest BCUT2D eigenvalue weighted by Crippen LogP contribution is 2.65. The van der Waals surface area contributed by atoms with E-state index >= 15 is 0 Å². The van der Waals surface area contributed by atoms with Gasteiger partial charge in [-0.3, -0.25) is 0 Å². The van der Waals surface area contributed by atoms with Crippen molar-refractivity contribution in [1.29, 1.82) is 0 Å². The van der Waals surface area contributed by atoms with E-state index in [-0.39, 0.29) is 0 Å². The summed E-state index contributed by atoms with van der Waals surface area (Å²) in [7, 11) is 0. The van der Waals surface area contributed by atoms with E-state index < -0.39 is 0 Å². The van der Waals surface area contributed by atoms with E-state index in [1.54, 1.807) is 19.3 Å². The first-order chi connectivity index (χ1) is 9.13. The van der Waals surface area contributed by atoms with Gasteiger partial charge in [0.2, 0.25) is 0 Å². The highest BCUT2D eigenvalue weighted by atomic mass is 14.6. The summed E-state index contributed by atoms with van der Waals surface area (Å²) in [6.07, 6.45) is 18.5. The van der Waals surface area contributed by atoms with Crippen molar-refractivity contribution >= 4 is 0 Å². The molecular formula is C19H30. The molecule has 3 saturated carbocycles. The van der Waals surface area contributed by atoms with E-state index in [1.165, 1.54) is 38.5 Å². The molecule has 0 N–H and O–H groups in total. The van der Waals surface area contributed by atoms with Crippen LogP contribution in [0.4, 0.5) is 0 Å². The third-order valence-electron chi connectivity index (χ3n) is 7.99. The molecule has 19 heavy (non-hydrogen) atoms. The molecule has 0 heterocycles. The summed E-state index contributed by atoms with van der Waals surface area (Å²) in [6.45, 7) is 5.27. The minimum atomic E-state index is 0.654. The molecule has 0 aromatic carbocycles. The van der Waals surface area contributed by atoms with E-state index in [0.29, 0.717) is 5.41 Å². The lowest BCUT2D eigenvalue weighted by Crippen LogP contribution is -2.51. The molecular weight excluding hydrogens is 228 g/mol. The maximum absolute atomic E-state index is 2.65. The van der Waals surface area contributed by atoms with Gasteiger partial charge in [0.05, 0.1) is 0 Å². The van der Waals surface area contributed by atoms with Crippen molar-refractivity contribution in [3.63, 3.8) is 0 Å². The van der Waals surface area contributed by atoms with Crippen LogP contribution in [0.15, 0.2) is 12.2 Å². The normalized spacial score (nSPS) is 56.3. The highest BCUT2D eigenvalue weighted by Gasteiger charge is 2.56. The number of allylic oxidation sites excluding steroid dienone is 2. The third kappa shape index (κ3) is 1.64. The smallest absolute Gasteiger partial charge is 0.0229 e. The van der Waals surface area contributed by atoms with Gasteiger partial charge in [0.25, 0.3) is 0 Å². The molecule has 1 unspecified atom stereocenters. The fraction of sp³-hybridized carbons (Fsp3) is 0.895. The molecule has 0 aromatic heterocycles. The monoisotopic (exact) mass is 258 g/mol. The Morgan fingerprint density at radius 1 is 0.895 bits per heavy atom. The third-order valence-corrected chi connectivity index (χ3v) is 7.99. The van der Waals surface area contributed by atoms with Crippen LogP contribution in [0.3, 0.4) is 0 Å². The minimum absolute atomic E-state index is 0.654. The van der Waals surface area contributed by atoms with Crippen LogP contribution in [0.25, 0.3) is 0 Å². The molecule has 0 aromatic rings. The quantitative estimate of drug-likeness (QED) is 0.497. The Morgan fingerprint density at radius 3 is 2.68 bits per heavy atom. The van der Waals surface area contributed by atoms with Gasteiger partial charge in [0, 0.05) is 0 Å². The van der Waals surface area contributed by atoms with Crippen molar-refractivity contribution in [2.75, 3.05) is 0 Å². The standard InChI is InChI=1S/C19H30/c1-18-11-5-7-16(18)15-9-8-14-6-3-4-12-19(14,2)17(15)10-13-18/h3-4,14-17H,5-13H2,1-2H3/t14?,15-,16-,17-,18-,19-/m0/s1. The first kappa shape index (κ1) is 12.5. The molecule has 0 radical (unpaired) electrons. The summed E-state index contributed by atoms with van der Waals surface area (Å²) in [4.78, 5) is 0. The Morgan fingerprint density at radius 2 is 1.79 bits per heavy atom. The Balaban J connectivity index is 1.67. The van der Waals surface area contributed by atoms with Crippen molar-refractivity contribution in [1.82, 2.24) is 0 Å². The highest BCUT2D eigenvalue weighted by molar-refractivity contribution is 5.10. The number of rotatable bonds is 0. The van der Waals surface area contributed by atoms with Gasteiger partial charge in [-0.05, 0) is 85.9 Å². The maximum atomic E-state index is 2.65. The van der Waals surface area contributed by atoms with Crippen LogP contribution in [0, 0.1) is 34.5 Å².